The van der Waals surface area contributed by atoms with Gasteiger partial charge in [-0.3, -0.25) is 4.79 Å². The molecule has 0 spiro atoms. The Morgan fingerprint density at radius 2 is 1.39 bits per heavy atom. The van der Waals surface area contributed by atoms with Crippen molar-refractivity contribution in [3.05, 3.63) is 66.2 Å². The number of hydrogen-bond donors (Lipinski definition) is 2. The number of allylic oxidation sites excluding steroid dienone is 1. The number of amides is 1. The highest BCUT2D eigenvalue weighted by atomic mass is 28.4. The minimum atomic E-state index is -2.33. The first-order chi connectivity index (χ1) is 30.8. The highest BCUT2D eigenvalue weighted by molar-refractivity contribution is 6.74. The minimum Gasteiger partial charge on any atom is -0.497 e. The van der Waals surface area contributed by atoms with Crippen LogP contribution in [-0.2, 0) is 44.2 Å². The summed E-state index contributed by atoms with van der Waals surface area (Å²) >= 11 is 0. The molecule has 0 radical (unpaired) electrons. The number of esters is 2. The fraction of sp³-hybridized carbons (Fsp3) is 0.685. The summed E-state index contributed by atoms with van der Waals surface area (Å²) in [6.45, 7) is 24.6. The predicted octanol–water partition coefficient (Wildman–Crippen LogP) is 11.8. The van der Waals surface area contributed by atoms with Crippen molar-refractivity contribution in [1.82, 2.24) is 5.32 Å². The van der Waals surface area contributed by atoms with Gasteiger partial charge in [0, 0.05) is 32.3 Å². The number of carbonyl (C=O) groups is 3. The van der Waals surface area contributed by atoms with Gasteiger partial charge in [0.25, 0.3) is 0 Å². The van der Waals surface area contributed by atoms with Crippen LogP contribution in [0.2, 0.25) is 18.1 Å². The molecule has 66 heavy (non-hydrogen) atoms. The molecule has 0 saturated carbocycles. The highest BCUT2D eigenvalue weighted by Gasteiger charge is 2.50. The molecule has 372 valence electrons. The third-order valence-corrected chi connectivity index (χ3v) is 17.1. The van der Waals surface area contributed by atoms with Crippen LogP contribution in [-0.4, -0.2) is 86.8 Å². The van der Waals surface area contributed by atoms with Gasteiger partial charge in [0.2, 0.25) is 5.91 Å². The molecule has 1 fully saturated rings. The number of unbranched alkanes of at least 4 members (excludes halogenated alkanes) is 8. The third kappa shape index (κ3) is 18.9. The number of nitrogens with one attached hydrogen (secondary N) is 1. The van der Waals surface area contributed by atoms with Gasteiger partial charge in [0.15, 0.2) is 19.7 Å². The molecule has 12 heteroatoms. The van der Waals surface area contributed by atoms with Gasteiger partial charge >= 0.3 is 11.9 Å². The van der Waals surface area contributed by atoms with Crippen LogP contribution in [0.1, 0.15) is 158 Å². The first-order valence-corrected chi connectivity index (χ1v) is 27.6. The molecule has 0 aliphatic carbocycles. The van der Waals surface area contributed by atoms with E-state index in [0.717, 1.165) is 67.4 Å². The molecule has 1 aliphatic heterocycles. The lowest BCUT2D eigenvalue weighted by Gasteiger charge is -2.39. The molecule has 2 aromatic rings. The third-order valence-electron chi connectivity index (χ3n) is 12.6. The van der Waals surface area contributed by atoms with Crippen molar-refractivity contribution < 1.29 is 47.6 Å². The molecule has 0 aromatic heterocycles. The van der Waals surface area contributed by atoms with Crippen LogP contribution >= 0.6 is 0 Å². The maximum Gasteiger partial charge on any atom is 0.339 e. The Kier molecular flexibility index (Phi) is 22.1. The van der Waals surface area contributed by atoms with Gasteiger partial charge in [0.05, 0.1) is 26.2 Å². The van der Waals surface area contributed by atoms with Crippen LogP contribution in [0.15, 0.2) is 60.7 Å². The van der Waals surface area contributed by atoms with E-state index in [2.05, 4.69) is 46.1 Å². The Bertz CT molecular complexity index is 1820. The first-order valence-electron chi connectivity index (χ1n) is 24.6. The van der Waals surface area contributed by atoms with Crippen molar-refractivity contribution in [3.63, 3.8) is 0 Å². The largest absolute Gasteiger partial charge is 0.497 e. The zero-order valence-electron chi connectivity index (χ0n) is 43.1. The fourth-order valence-corrected chi connectivity index (χ4v) is 8.79. The molecule has 2 aromatic carbocycles. The summed E-state index contributed by atoms with van der Waals surface area (Å²) in [5, 5.41) is 15.5. The quantitative estimate of drug-likeness (QED) is 0.0385. The second-order valence-corrected chi connectivity index (χ2v) is 26.5. The monoisotopic (exact) mass is 938 g/mol. The summed E-state index contributed by atoms with van der Waals surface area (Å²) in [4.78, 5) is 43.1. The Morgan fingerprint density at radius 1 is 0.803 bits per heavy atom. The van der Waals surface area contributed by atoms with Gasteiger partial charge < -0.3 is 38.5 Å². The molecule has 1 heterocycles. The molecular formula is C54H87NO10Si. The van der Waals surface area contributed by atoms with Crippen molar-refractivity contribution in [2.45, 2.75) is 206 Å². The van der Waals surface area contributed by atoms with Crippen LogP contribution in [0.5, 0.6) is 5.75 Å². The zero-order valence-corrected chi connectivity index (χ0v) is 44.1. The number of rotatable bonds is 27. The Hall–Kier alpha value is -3.55. The minimum absolute atomic E-state index is 0.0205. The lowest BCUT2D eigenvalue weighted by molar-refractivity contribution is -0.185. The normalized spacial score (nSPS) is 16.4. The topological polar surface area (TPSA) is 139 Å². The van der Waals surface area contributed by atoms with Crippen molar-refractivity contribution in [2.75, 3.05) is 26.9 Å². The molecule has 1 saturated heterocycles. The van der Waals surface area contributed by atoms with Gasteiger partial charge in [0.1, 0.15) is 23.0 Å². The number of hydrogen-bond acceptors (Lipinski definition) is 10. The van der Waals surface area contributed by atoms with E-state index in [1.54, 1.807) is 54.7 Å². The molecule has 1 aliphatic rings. The van der Waals surface area contributed by atoms with Crippen molar-refractivity contribution in [2.24, 2.45) is 5.92 Å². The summed E-state index contributed by atoms with van der Waals surface area (Å²) in [7, 11) is -0.697. The summed E-state index contributed by atoms with van der Waals surface area (Å²) < 4.78 is 35.9. The summed E-state index contributed by atoms with van der Waals surface area (Å²) in [5.41, 5.74) is -1.44. The molecule has 0 bridgehead atoms. The van der Waals surface area contributed by atoms with E-state index in [-0.39, 0.29) is 24.5 Å². The molecule has 3 rings (SSSR count). The Balaban J connectivity index is 1.90. The van der Waals surface area contributed by atoms with Gasteiger partial charge in [-0.15, -0.1) is 0 Å². The van der Waals surface area contributed by atoms with Crippen molar-refractivity contribution in [3.8, 4) is 16.9 Å². The number of carbonyl (C=O) groups excluding carboxylic acids is 3. The number of methoxy groups -OCH3 is 1. The zero-order chi connectivity index (χ0) is 49.2. The Morgan fingerprint density at radius 3 is 1.95 bits per heavy atom. The van der Waals surface area contributed by atoms with E-state index in [9.17, 15) is 19.5 Å². The fourth-order valence-electron chi connectivity index (χ4n) is 7.74. The van der Waals surface area contributed by atoms with Gasteiger partial charge in [-0.05, 0) is 114 Å². The second kappa shape index (κ2) is 25.7. The molecule has 1 amide bonds. The predicted molar refractivity (Wildman–Crippen MR) is 267 cm³/mol. The van der Waals surface area contributed by atoms with Crippen LogP contribution in [0.25, 0.3) is 11.1 Å². The molecule has 0 unspecified atom stereocenters. The van der Waals surface area contributed by atoms with E-state index < -0.39 is 60.7 Å². The highest BCUT2D eigenvalue weighted by Crippen LogP contribution is 2.38. The molecule has 3 atom stereocenters. The maximum absolute atomic E-state index is 14.8. The number of aliphatic hydroxyl groups is 1. The van der Waals surface area contributed by atoms with E-state index in [4.69, 9.17) is 28.1 Å². The Labute approximate surface area is 399 Å². The average Bonchev–Trinajstić information content (AvgIpc) is 3.69. The standard InChI is InChI=1S/C54H87NO10Si/c1-14-15-16-20-23-33-53(61-37-38-62-53)34-24-21-18-17-19-22-28-45(54(59,49(58)65-51(5,6)7)35-36-63-66(12,13)52(8,9)10)47(56)55-46(48(57)64-50(2,3)4)39-41-29-31-42(32-30-41)43-26-25-27-44(40-43)60-11/h22,25-32,40,45-46,59H,14-21,23-24,33-39H2,1-13H3,(H,55,56)/b28-22+/t45-,46+,54+/m1/s1. The van der Waals surface area contributed by atoms with E-state index in [0.29, 0.717) is 19.6 Å². The SMILES string of the molecule is CCCCCCCC1(CCCCCC/C=C/[C@H](C(=O)N[C@@H](Cc2ccc(-c3cccc(OC)c3)cc2)C(=O)OC(C)(C)C)[C@@](O)(CCO[Si](C)(C)C(C)(C)C)C(=O)OC(C)(C)C)OCCO1. The number of benzene rings is 2. The second-order valence-electron chi connectivity index (χ2n) is 21.6. The summed E-state index contributed by atoms with van der Waals surface area (Å²) in [6.07, 6.45) is 15.5. The van der Waals surface area contributed by atoms with E-state index in [1.165, 1.54) is 25.7 Å². The van der Waals surface area contributed by atoms with Crippen LogP contribution < -0.4 is 10.1 Å². The first kappa shape index (κ1) is 56.8. The van der Waals surface area contributed by atoms with Crippen LogP contribution in [0.3, 0.4) is 0 Å². The number of ether oxygens (including phenoxy) is 5. The van der Waals surface area contributed by atoms with Crippen LogP contribution in [0.4, 0.5) is 0 Å². The lowest BCUT2D eigenvalue weighted by Crippen LogP contribution is -2.57. The molecule has 11 nitrogen and oxygen atoms in total. The van der Waals surface area contributed by atoms with E-state index >= 15 is 0 Å². The summed E-state index contributed by atoms with van der Waals surface area (Å²) in [5.74, 6) is -3.43. The van der Waals surface area contributed by atoms with Crippen molar-refractivity contribution >= 4 is 26.2 Å². The molecule has 2 N–H and O–H groups in total. The maximum atomic E-state index is 14.8. The van der Waals surface area contributed by atoms with Crippen molar-refractivity contribution in [1.29, 1.82) is 0 Å². The molecular weight excluding hydrogens is 851 g/mol. The van der Waals surface area contributed by atoms with E-state index in [1.807, 2.05) is 54.6 Å². The van der Waals surface area contributed by atoms with Gasteiger partial charge in [-0.2, -0.15) is 0 Å². The average molecular weight is 938 g/mol. The van der Waals surface area contributed by atoms with Gasteiger partial charge in [-0.25, -0.2) is 9.59 Å². The van der Waals surface area contributed by atoms with Crippen LogP contribution in [0, 0.1) is 5.92 Å². The van der Waals surface area contributed by atoms with Gasteiger partial charge in [-0.1, -0.05) is 115 Å². The lowest BCUT2D eigenvalue weighted by atomic mass is 9.82. The summed E-state index contributed by atoms with van der Waals surface area (Å²) in [6, 6.07) is 14.3. The smallest absolute Gasteiger partial charge is 0.339 e.